The molecule has 0 heterocycles. The monoisotopic (exact) mass is 272 g/mol. The van der Waals surface area contributed by atoms with Gasteiger partial charge in [0.1, 0.15) is 23.7 Å². The summed E-state index contributed by atoms with van der Waals surface area (Å²) in [6.07, 6.45) is -2.07. The molecule has 2 aromatic rings. The van der Waals surface area contributed by atoms with Crippen LogP contribution in [-0.4, -0.2) is 24.4 Å². The van der Waals surface area contributed by atoms with Crippen LogP contribution >= 0.6 is 0 Å². The summed E-state index contributed by atoms with van der Waals surface area (Å²) in [5.74, 6) is 1.14. The second-order valence-corrected chi connectivity index (χ2v) is 4.73. The first-order chi connectivity index (χ1) is 9.69. The van der Waals surface area contributed by atoms with Gasteiger partial charge in [-0.05, 0) is 23.3 Å². The molecule has 0 aliphatic heterocycles. The molecule has 0 saturated heterocycles. The molecule has 2 N–H and O–H groups in total. The molecule has 0 saturated carbocycles. The van der Waals surface area contributed by atoms with E-state index in [4.69, 9.17) is 9.47 Å². The predicted octanol–water partition coefficient (Wildman–Crippen LogP) is 2.45. The van der Waals surface area contributed by atoms with Gasteiger partial charge in [-0.3, -0.25) is 0 Å². The van der Waals surface area contributed by atoms with Gasteiger partial charge in [-0.2, -0.15) is 0 Å². The van der Waals surface area contributed by atoms with Gasteiger partial charge in [-0.15, -0.1) is 0 Å². The van der Waals surface area contributed by atoms with E-state index in [1.807, 2.05) is 24.3 Å². The maximum Gasteiger partial charge on any atom is 0.125 e. The molecule has 0 aromatic heterocycles. The fourth-order valence-electron chi connectivity index (χ4n) is 2.84. The average Bonchev–Trinajstić information content (AvgIpc) is 2.50. The summed E-state index contributed by atoms with van der Waals surface area (Å²) < 4.78 is 10.6. The molecule has 0 radical (unpaired) electrons. The van der Waals surface area contributed by atoms with Gasteiger partial charge in [0, 0.05) is 11.1 Å². The lowest BCUT2D eigenvalue weighted by Gasteiger charge is -2.31. The second-order valence-electron chi connectivity index (χ2n) is 4.73. The van der Waals surface area contributed by atoms with Crippen LogP contribution in [0, 0.1) is 0 Å². The van der Waals surface area contributed by atoms with Gasteiger partial charge < -0.3 is 19.7 Å². The Kier molecular flexibility index (Phi) is 3.12. The Morgan fingerprint density at radius 2 is 1.15 bits per heavy atom. The molecule has 0 spiro atoms. The Labute approximate surface area is 117 Å². The van der Waals surface area contributed by atoms with E-state index in [-0.39, 0.29) is 0 Å². The summed E-state index contributed by atoms with van der Waals surface area (Å²) in [5.41, 5.74) is 2.94. The first-order valence-electron chi connectivity index (χ1n) is 6.39. The van der Waals surface area contributed by atoms with Crippen molar-refractivity contribution in [3.8, 4) is 22.6 Å². The molecule has 104 valence electrons. The number of fused-ring (bicyclic) bond motifs is 3. The third-order valence-electron chi connectivity index (χ3n) is 3.75. The van der Waals surface area contributed by atoms with Crippen molar-refractivity contribution in [2.45, 2.75) is 12.2 Å². The van der Waals surface area contributed by atoms with Crippen LogP contribution in [0.15, 0.2) is 36.4 Å². The lowest BCUT2D eigenvalue weighted by atomic mass is 9.81. The van der Waals surface area contributed by atoms with Crippen molar-refractivity contribution in [3.05, 3.63) is 47.5 Å². The van der Waals surface area contributed by atoms with Crippen molar-refractivity contribution in [1.29, 1.82) is 0 Å². The number of hydrogen-bond acceptors (Lipinski definition) is 4. The Bertz CT molecular complexity index is 593. The normalized spacial score (nSPS) is 20.0. The number of ether oxygens (including phenoxy) is 2. The number of aliphatic hydroxyl groups is 2. The maximum atomic E-state index is 10.4. The fourth-order valence-corrected chi connectivity index (χ4v) is 2.84. The van der Waals surface area contributed by atoms with E-state index >= 15 is 0 Å². The first kappa shape index (κ1) is 13.0. The minimum Gasteiger partial charge on any atom is -0.496 e. The summed E-state index contributed by atoms with van der Waals surface area (Å²) in [6, 6.07) is 11.1. The topological polar surface area (TPSA) is 58.9 Å². The molecular formula is C16H16O4. The molecule has 0 bridgehead atoms. The third-order valence-corrected chi connectivity index (χ3v) is 3.75. The highest BCUT2D eigenvalue weighted by Crippen LogP contribution is 2.50. The van der Waals surface area contributed by atoms with Crippen molar-refractivity contribution in [2.75, 3.05) is 14.2 Å². The first-order valence-corrected chi connectivity index (χ1v) is 6.39. The van der Waals surface area contributed by atoms with Crippen LogP contribution in [0.2, 0.25) is 0 Å². The fraction of sp³-hybridized carbons (Fsp3) is 0.250. The number of hydrogen-bond donors (Lipinski definition) is 2. The summed E-state index contributed by atoms with van der Waals surface area (Å²) >= 11 is 0. The van der Waals surface area contributed by atoms with Gasteiger partial charge in [0.05, 0.1) is 14.2 Å². The average molecular weight is 272 g/mol. The van der Waals surface area contributed by atoms with E-state index < -0.39 is 12.2 Å². The number of benzene rings is 2. The Morgan fingerprint density at radius 3 is 1.50 bits per heavy atom. The molecule has 0 amide bonds. The summed E-state index contributed by atoms with van der Waals surface area (Å²) in [5, 5.41) is 20.8. The van der Waals surface area contributed by atoms with E-state index in [2.05, 4.69) is 0 Å². The predicted molar refractivity (Wildman–Crippen MR) is 74.9 cm³/mol. The molecule has 20 heavy (non-hydrogen) atoms. The van der Waals surface area contributed by atoms with Crippen LogP contribution in [0.25, 0.3) is 11.1 Å². The largest absolute Gasteiger partial charge is 0.496 e. The molecular weight excluding hydrogens is 256 g/mol. The maximum absolute atomic E-state index is 10.4. The van der Waals surface area contributed by atoms with Crippen molar-refractivity contribution in [2.24, 2.45) is 0 Å². The van der Waals surface area contributed by atoms with E-state index in [9.17, 15) is 10.2 Å². The zero-order valence-corrected chi connectivity index (χ0v) is 11.3. The lowest BCUT2D eigenvalue weighted by Crippen LogP contribution is -2.19. The Hall–Kier alpha value is -2.04. The zero-order valence-electron chi connectivity index (χ0n) is 11.3. The third kappa shape index (κ3) is 1.69. The second kappa shape index (κ2) is 4.81. The smallest absolute Gasteiger partial charge is 0.125 e. The molecule has 4 nitrogen and oxygen atoms in total. The van der Waals surface area contributed by atoms with Crippen molar-refractivity contribution >= 4 is 0 Å². The Morgan fingerprint density at radius 1 is 0.750 bits per heavy atom. The SMILES string of the molecule is COc1cccc2c1[C@@H](O)[C@H](O)c1c(OC)cccc1-2. The van der Waals surface area contributed by atoms with Gasteiger partial charge in [0.15, 0.2) is 0 Å². The van der Waals surface area contributed by atoms with Crippen LogP contribution in [0.4, 0.5) is 0 Å². The minimum absolute atomic E-state index is 0.572. The van der Waals surface area contributed by atoms with Crippen molar-refractivity contribution in [3.63, 3.8) is 0 Å². The number of methoxy groups -OCH3 is 2. The summed E-state index contributed by atoms with van der Waals surface area (Å²) in [6.45, 7) is 0. The zero-order chi connectivity index (χ0) is 14.3. The standard InChI is InChI=1S/C16H16O4/c1-19-11-7-3-5-9-10-6-4-8-12(20-2)14(10)16(18)15(17)13(9)11/h3-8,15-18H,1-2H3/t15-,16-/m1/s1. The number of aliphatic hydroxyl groups excluding tert-OH is 2. The molecule has 2 aromatic carbocycles. The molecule has 2 atom stereocenters. The van der Waals surface area contributed by atoms with Crippen molar-refractivity contribution in [1.82, 2.24) is 0 Å². The molecule has 0 unspecified atom stereocenters. The molecule has 1 aliphatic rings. The van der Waals surface area contributed by atoms with Gasteiger partial charge in [0.2, 0.25) is 0 Å². The van der Waals surface area contributed by atoms with Gasteiger partial charge in [-0.1, -0.05) is 24.3 Å². The van der Waals surface area contributed by atoms with Crippen LogP contribution in [0.5, 0.6) is 11.5 Å². The van der Waals surface area contributed by atoms with Gasteiger partial charge in [0.25, 0.3) is 0 Å². The highest BCUT2D eigenvalue weighted by atomic mass is 16.5. The quantitative estimate of drug-likeness (QED) is 0.881. The van der Waals surface area contributed by atoms with Crippen LogP contribution in [0.1, 0.15) is 23.3 Å². The van der Waals surface area contributed by atoms with E-state index in [0.717, 1.165) is 11.1 Å². The highest BCUT2D eigenvalue weighted by Gasteiger charge is 2.35. The van der Waals surface area contributed by atoms with Crippen LogP contribution in [-0.2, 0) is 0 Å². The molecule has 1 aliphatic carbocycles. The van der Waals surface area contributed by atoms with E-state index in [1.165, 1.54) is 0 Å². The summed E-state index contributed by atoms with van der Waals surface area (Å²) in [7, 11) is 3.10. The lowest BCUT2D eigenvalue weighted by molar-refractivity contribution is 0.0130. The molecule has 4 heteroatoms. The van der Waals surface area contributed by atoms with E-state index in [0.29, 0.717) is 22.6 Å². The molecule has 0 fully saturated rings. The molecule has 3 rings (SSSR count). The Balaban J connectivity index is 2.34. The van der Waals surface area contributed by atoms with Gasteiger partial charge >= 0.3 is 0 Å². The van der Waals surface area contributed by atoms with E-state index in [1.54, 1.807) is 26.4 Å². The highest BCUT2D eigenvalue weighted by molar-refractivity contribution is 5.78. The summed E-state index contributed by atoms with van der Waals surface area (Å²) in [4.78, 5) is 0. The van der Waals surface area contributed by atoms with Crippen LogP contribution in [0.3, 0.4) is 0 Å². The minimum atomic E-state index is -1.04. The van der Waals surface area contributed by atoms with Crippen LogP contribution < -0.4 is 9.47 Å². The van der Waals surface area contributed by atoms with Crippen molar-refractivity contribution < 1.29 is 19.7 Å². The van der Waals surface area contributed by atoms with Gasteiger partial charge in [-0.25, -0.2) is 0 Å². The number of rotatable bonds is 2.